The summed E-state index contributed by atoms with van der Waals surface area (Å²) in [6.07, 6.45) is 2.61. The van der Waals surface area contributed by atoms with E-state index in [2.05, 4.69) is 65.2 Å². The van der Waals surface area contributed by atoms with E-state index in [1.54, 1.807) is 0 Å². The standard InChI is InChI=1S/2C5H12.Na.2H3O3PS.H/c2*1-4-5(2)3;;2*1-4(2,3)5;/h2*5H,4H2,1-3H3;;2*(H3,1,2,3,5);/q;;+1;;;-1. The first-order valence-electron chi connectivity index (χ1n) is 6.11. The van der Waals surface area contributed by atoms with Gasteiger partial charge in [-0.3, -0.25) is 0 Å². The molecule has 0 rings (SSSR count). The van der Waals surface area contributed by atoms with Gasteiger partial charge in [0.15, 0.2) is 0 Å². The molecule has 21 heavy (non-hydrogen) atoms. The van der Waals surface area contributed by atoms with Crippen molar-refractivity contribution in [2.75, 3.05) is 0 Å². The molecule has 0 spiro atoms. The Bertz CT molecular complexity index is 242. The summed E-state index contributed by atoms with van der Waals surface area (Å²) in [5.41, 5.74) is 0. The maximum absolute atomic E-state index is 7.56. The normalized spacial score (nSPS) is 10.2. The number of hydrogen-bond donors (Lipinski definition) is 6. The first-order chi connectivity index (χ1) is 8.54. The molecule has 0 aromatic heterocycles. The molecule has 0 amide bonds. The van der Waals surface area contributed by atoms with Crippen LogP contribution in [0.5, 0.6) is 0 Å². The van der Waals surface area contributed by atoms with Crippen LogP contribution in [0.1, 0.15) is 55.8 Å². The average Bonchev–Trinajstić information content (AvgIpc) is 2.13. The average molecular weight is 396 g/mol. The summed E-state index contributed by atoms with van der Waals surface area (Å²) in [5.74, 6) is 1.77. The van der Waals surface area contributed by atoms with Crippen molar-refractivity contribution in [2.24, 2.45) is 11.8 Å². The summed E-state index contributed by atoms with van der Waals surface area (Å²) in [5, 5.41) is 0. The molecule has 0 radical (unpaired) electrons. The van der Waals surface area contributed by atoms with Crippen LogP contribution in [0.2, 0.25) is 0 Å². The Morgan fingerprint density at radius 1 is 0.714 bits per heavy atom. The molecule has 6 nitrogen and oxygen atoms in total. The van der Waals surface area contributed by atoms with Gasteiger partial charge in [0.25, 0.3) is 0 Å². The fourth-order valence-corrected chi connectivity index (χ4v) is 0. The second-order valence-electron chi connectivity index (χ2n) is 4.63. The van der Waals surface area contributed by atoms with Crippen molar-refractivity contribution < 1.29 is 60.3 Å². The maximum Gasteiger partial charge on any atom is 1.00 e. The summed E-state index contributed by atoms with van der Waals surface area (Å²) in [6, 6.07) is 0. The van der Waals surface area contributed by atoms with E-state index in [4.69, 9.17) is 29.4 Å². The molecule has 0 saturated heterocycles. The Hall–Kier alpha value is 2.06. The topological polar surface area (TPSA) is 121 Å². The van der Waals surface area contributed by atoms with E-state index in [-0.39, 0.29) is 31.0 Å². The zero-order chi connectivity index (χ0) is 17.6. The minimum atomic E-state index is -3.81. The first kappa shape index (κ1) is 34.4. The van der Waals surface area contributed by atoms with Crippen molar-refractivity contribution >= 4 is 37.1 Å². The summed E-state index contributed by atoms with van der Waals surface area (Å²) in [4.78, 5) is 45.3. The number of hydrogen-bond acceptors (Lipinski definition) is 2. The monoisotopic (exact) mass is 396 g/mol. The minimum Gasteiger partial charge on any atom is -1.00 e. The summed E-state index contributed by atoms with van der Waals surface area (Å²) in [6.45, 7) is 5.68. The first-order valence-corrected chi connectivity index (χ1v) is 11.4. The van der Waals surface area contributed by atoms with Crippen LogP contribution >= 0.6 is 13.4 Å². The van der Waals surface area contributed by atoms with E-state index in [9.17, 15) is 0 Å². The van der Waals surface area contributed by atoms with Crippen LogP contribution in [-0.2, 0) is 23.6 Å². The SMILES string of the molecule is CCC(C)C.CCC(C)C.OP(O)(O)=S.OP(O)(O)=S.[H-].[Na+]. The Morgan fingerprint density at radius 2 is 0.762 bits per heavy atom. The Morgan fingerprint density at radius 3 is 0.762 bits per heavy atom. The zero-order valence-corrected chi connectivity index (χ0v) is 19.4. The van der Waals surface area contributed by atoms with E-state index in [0.717, 1.165) is 11.8 Å². The summed E-state index contributed by atoms with van der Waals surface area (Å²) < 4.78 is 0. The van der Waals surface area contributed by atoms with Gasteiger partial charge in [-0.1, -0.05) is 54.4 Å². The van der Waals surface area contributed by atoms with Crippen molar-refractivity contribution in [3.63, 3.8) is 0 Å². The molecule has 130 valence electrons. The number of rotatable bonds is 2. The fraction of sp³-hybridized carbons (Fsp3) is 1.00. The molecule has 0 fully saturated rings. The maximum atomic E-state index is 7.56. The Labute approximate surface area is 162 Å². The Kier molecular flexibility index (Phi) is 32.9. The molecule has 0 atom stereocenters. The predicted molar refractivity (Wildman–Crippen MR) is 93.3 cm³/mol. The molecule has 0 bridgehead atoms. The molecule has 0 saturated carbocycles. The van der Waals surface area contributed by atoms with E-state index < -0.39 is 13.4 Å². The molecule has 0 aliphatic heterocycles. The molecule has 0 aliphatic carbocycles. The van der Waals surface area contributed by atoms with E-state index >= 15 is 0 Å². The molecule has 0 unspecified atom stereocenters. The van der Waals surface area contributed by atoms with Crippen molar-refractivity contribution in [3.05, 3.63) is 0 Å². The minimum absolute atomic E-state index is 0. The largest absolute Gasteiger partial charge is 1.00 e. The quantitative estimate of drug-likeness (QED) is 0.275. The van der Waals surface area contributed by atoms with Gasteiger partial charge in [-0.25, -0.2) is 0 Å². The van der Waals surface area contributed by atoms with Crippen molar-refractivity contribution in [1.29, 1.82) is 0 Å². The third-order valence-corrected chi connectivity index (χ3v) is 1.63. The van der Waals surface area contributed by atoms with Crippen LogP contribution < -0.4 is 29.6 Å². The van der Waals surface area contributed by atoms with Crippen molar-refractivity contribution in [2.45, 2.75) is 54.4 Å². The third kappa shape index (κ3) is 242. The van der Waals surface area contributed by atoms with Gasteiger partial charge in [-0.05, 0) is 35.4 Å². The molecule has 11 heteroatoms. The summed E-state index contributed by atoms with van der Waals surface area (Å²) in [7, 11) is 0. The van der Waals surface area contributed by atoms with E-state index in [1.165, 1.54) is 12.8 Å². The van der Waals surface area contributed by atoms with Crippen LogP contribution in [0, 0.1) is 11.8 Å². The molecule has 6 N–H and O–H groups in total. The molecular weight excluding hydrogens is 365 g/mol. The molecular formula is C10H31NaO6P2S2. The van der Waals surface area contributed by atoms with Crippen LogP contribution in [0.25, 0.3) is 0 Å². The van der Waals surface area contributed by atoms with Gasteiger partial charge in [0.1, 0.15) is 0 Å². The predicted octanol–water partition coefficient (Wildman–Crippen LogP) is -0.403. The smallest absolute Gasteiger partial charge is 1.00 e. The van der Waals surface area contributed by atoms with Crippen LogP contribution in [0.3, 0.4) is 0 Å². The summed E-state index contributed by atoms with van der Waals surface area (Å²) >= 11 is 7.21. The molecule has 0 aliphatic rings. The van der Waals surface area contributed by atoms with Crippen LogP contribution in [-0.4, -0.2) is 29.4 Å². The molecule has 0 aromatic rings. The van der Waals surface area contributed by atoms with Crippen LogP contribution in [0.4, 0.5) is 0 Å². The van der Waals surface area contributed by atoms with Gasteiger partial charge < -0.3 is 30.8 Å². The van der Waals surface area contributed by atoms with Gasteiger partial charge >= 0.3 is 43.0 Å². The zero-order valence-electron chi connectivity index (χ0n) is 15.0. The van der Waals surface area contributed by atoms with E-state index in [1.807, 2.05) is 0 Å². The van der Waals surface area contributed by atoms with Crippen molar-refractivity contribution in [3.8, 4) is 0 Å². The second-order valence-corrected chi connectivity index (χ2v) is 9.62. The molecule has 0 aromatic carbocycles. The van der Waals surface area contributed by atoms with Gasteiger partial charge in [0, 0.05) is 0 Å². The van der Waals surface area contributed by atoms with E-state index in [0.29, 0.717) is 0 Å². The van der Waals surface area contributed by atoms with Gasteiger partial charge in [-0.15, -0.1) is 0 Å². The van der Waals surface area contributed by atoms with Crippen molar-refractivity contribution in [1.82, 2.24) is 0 Å². The van der Waals surface area contributed by atoms with Gasteiger partial charge in [-0.2, -0.15) is 0 Å². The second kappa shape index (κ2) is 20.1. The molecule has 0 heterocycles. The Balaban J connectivity index is -0.0000000376. The fourth-order valence-electron chi connectivity index (χ4n) is 0. The third-order valence-electron chi connectivity index (χ3n) is 1.63. The van der Waals surface area contributed by atoms with Gasteiger partial charge in [0.2, 0.25) is 0 Å². The van der Waals surface area contributed by atoms with Crippen LogP contribution in [0.15, 0.2) is 0 Å². The van der Waals surface area contributed by atoms with Gasteiger partial charge in [0.05, 0.1) is 0 Å².